The van der Waals surface area contributed by atoms with Crippen LogP contribution in [0.15, 0.2) is 6.07 Å². The van der Waals surface area contributed by atoms with E-state index >= 15 is 0 Å². The normalized spacial score (nSPS) is 22.6. The lowest BCUT2D eigenvalue weighted by Gasteiger charge is -2.32. The number of halogens is 2. The number of alkyl halides is 2. The number of aryl methyl sites for hydroxylation is 2. The van der Waals surface area contributed by atoms with E-state index in [0.717, 1.165) is 30.8 Å². The van der Waals surface area contributed by atoms with Gasteiger partial charge in [0.15, 0.2) is 5.82 Å². The molecule has 0 amide bonds. The lowest BCUT2D eigenvalue weighted by molar-refractivity contribution is -0.0221. The van der Waals surface area contributed by atoms with Crippen molar-refractivity contribution in [2.24, 2.45) is 0 Å². The SMILES string of the molecule is FC1(F)CCN(c2cc3c(nn2)CCC3)CC1. The molecule has 1 saturated heterocycles. The van der Waals surface area contributed by atoms with Crippen molar-refractivity contribution >= 4 is 5.82 Å². The zero-order valence-electron chi connectivity index (χ0n) is 9.62. The standard InChI is InChI=1S/C12H15F2N3/c13-12(14)4-6-17(7-5-12)11-8-9-2-1-3-10(9)15-16-11/h8H,1-7H2. The number of hydrogen-bond acceptors (Lipinski definition) is 3. The average molecular weight is 239 g/mol. The molecule has 0 atom stereocenters. The largest absolute Gasteiger partial charge is 0.355 e. The molecule has 0 aromatic carbocycles. The summed E-state index contributed by atoms with van der Waals surface area (Å²) in [5.74, 6) is -1.73. The van der Waals surface area contributed by atoms with Crippen LogP contribution in [0.5, 0.6) is 0 Å². The van der Waals surface area contributed by atoms with Gasteiger partial charge >= 0.3 is 0 Å². The van der Waals surface area contributed by atoms with Gasteiger partial charge in [0.25, 0.3) is 5.92 Å². The van der Waals surface area contributed by atoms with Crippen LogP contribution in [-0.4, -0.2) is 29.2 Å². The highest BCUT2D eigenvalue weighted by atomic mass is 19.3. The Hall–Kier alpha value is -1.26. The quantitative estimate of drug-likeness (QED) is 0.752. The van der Waals surface area contributed by atoms with Gasteiger partial charge in [-0.15, -0.1) is 5.10 Å². The summed E-state index contributed by atoms with van der Waals surface area (Å²) in [7, 11) is 0. The summed E-state index contributed by atoms with van der Waals surface area (Å²) in [6.07, 6.45) is 3.02. The summed E-state index contributed by atoms with van der Waals surface area (Å²) in [4.78, 5) is 1.92. The van der Waals surface area contributed by atoms with Crippen molar-refractivity contribution < 1.29 is 8.78 Å². The minimum atomic E-state index is -2.50. The molecule has 1 aliphatic carbocycles. The molecule has 5 heteroatoms. The third-order valence-electron chi connectivity index (χ3n) is 3.63. The molecular weight excluding hydrogens is 224 g/mol. The summed E-state index contributed by atoms with van der Waals surface area (Å²) >= 11 is 0. The predicted octanol–water partition coefficient (Wildman–Crippen LogP) is 2.20. The van der Waals surface area contributed by atoms with Crippen LogP contribution in [0.1, 0.15) is 30.5 Å². The lowest BCUT2D eigenvalue weighted by atomic mass is 10.1. The molecule has 3 rings (SSSR count). The molecule has 2 aliphatic rings. The van der Waals surface area contributed by atoms with Crippen molar-refractivity contribution in [2.45, 2.75) is 38.0 Å². The third-order valence-corrected chi connectivity index (χ3v) is 3.63. The monoisotopic (exact) mass is 239 g/mol. The molecule has 0 radical (unpaired) electrons. The summed E-state index contributed by atoms with van der Waals surface area (Å²) < 4.78 is 26.1. The van der Waals surface area contributed by atoms with E-state index in [4.69, 9.17) is 0 Å². The summed E-state index contributed by atoms with van der Waals surface area (Å²) in [5, 5.41) is 8.34. The second-order valence-electron chi connectivity index (χ2n) is 4.87. The van der Waals surface area contributed by atoms with E-state index in [9.17, 15) is 8.78 Å². The van der Waals surface area contributed by atoms with Crippen LogP contribution >= 0.6 is 0 Å². The maximum absolute atomic E-state index is 13.1. The van der Waals surface area contributed by atoms with Crippen molar-refractivity contribution in [3.63, 3.8) is 0 Å². The average Bonchev–Trinajstić information content (AvgIpc) is 2.76. The number of aromatic nitrogens is 2. The Morgan fingerprint density at radius 2 is 1.88 bits per heavy atom. The highest BCUT2D eigenvalue weighted by Gasteiger charge is 2.34. The molecule has 92 valence electrons. The van der Waals surface area contributed by atoms with Gasteiger partial charge in [0.2, 0.25) is 0 Å². The van der Waals surface area contributed by atoms with E-state index < -0.39 is 5.92 Å². The number of hydrogen-bond donors (Lipinski definition) is 0. The summed E-state index contributed by atoms with van der Waals surface area (Å²) in [5.41, 5.74) is 2.32. The van der Waals surface area contributed by atoms with Crippen LogP contribution in [0.4, 0.5) is 14.6 Å². The molecule has 3 nitrogen and oxygen atoms in total. The van der Waals surface area contributed by atoms with Crippen LogP contribution in [0.3, 0.4) is 0 Å². The predicted molar refractivity (Wildman–Crippen MR) is 60.5 cm³/mol. The molecule has 0 saturated carbocycles. The smallest absolute Gasteiger partial charge is 0.251 e. The fourth-order valence-corrected chi connectivity index (χ4v) is 2.53. The first-order chi connectivity index (χ1) is 8.14. The zero-order valence-corrected chi connectivity index (χ0v) is 9.62. The molecule has 0 N–H and O–H groups in total. The van der Waals surface area contributed by atoms with Gasteiger partial charge in [-0.1, -0.05) is 0 Å². The molecule has 2 heterocycles. The number of fused-ring (bicyclic) bond motifs is 1. The molecule has 0 spiro atoms. The van der Waals surface area contributed by atoms with E-state index in [2.05, 4.69) is 10.2 Å². The van der Waals surface area contributed by atoms with Crippen LogP contribution in [-0.2, 0) is 12.8 Å². The van der Waals surface area contributed by atoms with Crippen LogP contribution in [0.2, 0.25) is 0 Å². The topological polar surface area (TPSA) is 29.0 Å². The number of piperidine rings is 1. The minimum absolute atomic E-state index is 0.0776. The fourth-order valence-electron chi connectivity index (χ4n) is 2.53. The number of nitrogens with zero attached hydrogens (tertiary/aromatic N) is 3. The molecular formula is C12H15F2N3. The van der Waals surface area contributed by atoms with E-state index in [0.29, 0.717) is 13.1 Å². The van der Waals surface area contributed by atoms with Gasteiger partial charge in [-0.05, 0) is 30.9 Å². The van der Waals surface area contributed by atoms with Gasteiger partial charge in [-0.2, -0.15) is 5.10 Å². The van der Waals surface area contributed by atoms with Crippen LogP contribution in [0.25, 0.3) is 0 Å². The maximum Gasteiger partial charge on any atom is 0.251 e. The molecule has 1 aliphatic heterocycles. The first kappa shape index (κ1) is 10.9. The van der Waals surface area contributed by atoms with Gasteiger partial charge in [-0.3, -0.25) is 0 Å². The van der Waals surface area contributed by atoms with E-state index in [1.54, 1.807) is 0 Å². The Kier molecular flexibility index (Phi) is 2.49. The Balaban J connectivity index is 1.77. The maximum atomic E-state index is 13.1. The highest BCUT2D eigenvalue weighted by Crippen LogP contribution is 2.30. The Bertz CT molecular complexity index is 424. The van der Waals surface area contributed by atoms with E-state index in [1.807, 2.05) is 11.0 Å². The second kappa shape index (κ2) is 3.89. The van der Waals surface area contributed by atoms with Gasteiger partial charge < -0.3 is 4.90 Å². The van der Waals surface area contributed by atoms with Gasteiger partial charge in [-0.25, -0.2) is 8.78 Å². The summed E-state index contributed by atoms with van der Waals surface area (Å²) in [6.45, 7) is 0.751. The summed E-state index contributed by atoms with van der Waals surface area (Å²) in [6, 6.07) is 2.03. The van der Waals surface area contributed by atoms with Crippen molar-refractivity contribution in [1.29, 1.82) is 0 Å². The van der Waals surface area contributed by atoms with Crippen LogP contribution in [0, 0.1) is 0 Å². The number of anilines is 1. The third kappa shape index (κ3) is 2.10. The van der Waals surface area contributed by atoms with Crippen molar-refractivity contribution in [3.8, 4) is 0 Å². The minimum Gasteiger partial charge on any atom is -0.355 e. The zero-order chi connectivity index (χ0) is 11.9. The Morgan fingerprint density at radius 3 is 2.65 bits per heavy atom. The van der Waals surface area contributed by atoms with E-state index in [1.165, 1.54) is 5.56 Å². The molecule has 1 fully saturated rings. The van der Waals surface area contributed by atoms with Crippen molar-refractivity contribution in [3.05, 3.63) is 17.3 Å². The second-order valence-corrected chi connectivity index (χ2v) is 4.87. The molecule has 1 aromatic heterocycles. The first-order valence-corrected chi connectivity index (χ1v) is 6.12. The van der Waals surface area contributed by atoms with Crippen LogP contribution < -0.4 is 4.90 Å². The molecule has 0 bridgehead atoms. The molecule has 17 heavy (non-hydrogen) atoms. The molecule has 0 unspecified atom stereocenters. The Labute approximate surface area is 98.8 Å². The van der Waals surface area contributed by atoms with Crippen molar-refractivity contribution in [1.82, 2.24) is 10.2 Å². The molecule has 1 aromatic rings. The number of rotatable bonds is 1. The van der Waals surface area contributed by atoms with Gasteiger partial charge in [0, 0.05) is 25.9 Å². The fraction of sp³-hybridized carbons (Fsp3) is 0.667. The van der Waals surface area contributed by atoms with Gasteiger partial charge in [0.1, 0.15) is 0 Å². The van der Waals surface area contributed by atoms with Gasteiger partial charge in [0.05, 0.1) is 5.69 Å². The highest BCUT2D eigenvalue weighted by molar-refractivity contribution is 5.43. The Morgan fingerprint density at radius 1 is 1.12 bits per heavy atom. The lowest BCUT2D eigenvalue weighted by Crippen LogP contribution is -2.39. The van der Waals surface area contributed by atoms with Crippen molar-refractivity contribution in [2.75, 3.05) is 18.0 Å². The first-order valence-electron chi connectivity index (χ1n) is 6.12. The van der Waals surface area contributed by atoms with E-state index in [-0.39, 0.29) is 12.8 Å².